The Kier molecular flexibility index (Phi) is 4.97. The molecule has 4 N–H and O–H groups in total. The van der Waals surface area contributed by atoms with E-state index in [-0.39, 0.29) is 0 Å². The molecule has 0 saturated heterocycles. The molecule has 4 heteroatoms. The molecule has 0 rings (SSSR count). The van der Waals surface area contributed by atoms with Crippen molar-refractivity contribution in [2.45, 2.75) is 53.4 Å². The molecule has 4 nitrogen and oxygen atoms in total. The first-order valence-electron chi connectivity index (χ1n) is 5.98. The number of nitrogens with two attached hydrogens (primary N) is 2. The predicted octanol–water partition coefficient (Wildman–Crippen LogP) is 1.57. The van der Waals surface area contributed by atoms with E-state index < -0.39 is 22.6 Å². The Morgan fingerprint density at radius 2 is 0.938 bits per heavy atom. The summed E-state index contributed by atoms with van der Waals surface area (Å²) in [6.45, 7) is 7.54. The van der Waals surface area contributed by atoms with E-state index in [2.05, 4.69) is 0 Å². The van der Waals surface area contributed by atoms with Crippen LogP contribution in [-0.2, 0) is 9.59 Å². The molecule has 94 valence electrons. The van der Waals surface area contributed by atoms with Gasteiger partial charge in [0.2, 0.25) is 11.8 Å². The zero-order chi connectivity index (χ0) is 13.0. The molecule has 0 saturated carbocycles. The van der Waals surface area contributed by atoms with Crippen LogP contribution in [0.3, 0.4) is 0 Å². The molecule has 16 heavy (non-hydrogen) atoms. The summed E-state index contributed by atoms with van der Waals surface area (Å²) in [5.74, 6) is -0.833. The average molecular weight is 228 g/mol. The average Bonchev–Trinajstić information content (AvgIpc) is 2.25. The van der Waals surface area contributed by atoms with Crippen molar-refractivity contribution in [3.05, 3.63) is 0 Å². The third-order valence-corrected chi connectivity index (χ3v) is 4.27. The molecule has 0 unspecified atom stereocenters. The summed E-state index contributed by atoms with van der Waals surface area (Å²) >= 11 is 0. The standard InChI is InChI=1S/C12H24N2O2/c1-5-11(6-2,9(13)15)12(7-3,8-4)10(14)16/h5-8H2,1-4H3,(H2,13,15)(H2,14,16). The fourth-order valence-corrected chi connectivity index (χ4v) is 3.02. The quantitative estimate of drug-likeness (QED) is 0.693. The molecule has 0 spiro atoms. The van der Waals surface area contributed by atoms with E-state index in [9.17, 15) is 9.59 Å². The maximum atomic E-state index is 11.8. The maximum absolute atomic E-state index is 11.8. The van der Waals surface area contributed by atoms with Crippen LogP contribution in [-0.4, -0.2) is 11.8 Å². The van der Waals surface area contributed by atoms with Crippen LogP contribution in [0.5, 0.6) is 0 Å². The number of hydrogen-bond donors (Lipinski definition) is 2. The Morgan fingerprint density at radius 3 is 1.00 bits per heavy atom. The molecular formula is C12H24N2O2. The SMILES string of the molecule is CCC(CC)(C(N)=O)C(CC)(CC)C(N)=O. The topological polar surface area (TPSA) is 86.2 Å². The summed E-state index contributed by atoms with van der Waals surface area (Å²) in [6.07, 6.45) is 2.18. The third kappa shape index (κ3) is 1.81. The van der Waals surface area contributed by atoms with Crippen molar-refractivity contribution < 1.29 is 9.59 Å². The summed E-state index contributed by atoms with van der Waals surface area (Å²) in [4.78, 5) is 23.5. The van der Waals surface area contributed by atoms with Crippen LogP contribution in [0.2, 0.25) is 0 Å². The lowest BCUT2D eigenvalue weighted by Crippen LogP contribution is -2.56. The summed E-state index contributed by atoms with van der Waals surface area (Å²) in [5.41, 5.74) is 9.41. The van der Waals surface area contributed by atoms with Gasteiger partial charge in [-0.2, -0.15) is 0 Å². The zero-order valence-electron chi connectivity index (χ0n) is 10.8. The van der Waals surface area contributed by atoms with Gasteiger partial charge in [-0.15, -0.1) is 0 Å². The van der Waals surface area contributed by atoms with Crippen molar-refractivity contribution in [2.75, 3.05) is 0 Å². The van der Waals surface area contributed by atoms with Crippen LogP contribution in [0.15, 0.2) is 0 Å². The van der Waals surface area contributed by atoms with Gasteiger partial charge in [0.1, 0.15) is 0 Å². The number of hydrogen-bond acceptors (Lipinski definition) is 2. The van der Waals surface area contributed by atoms with E-state index in [1.165, 1.54) is 0 Å². The van der Waals surface area contributed by atoms with Gasteiger partial charge < -0.3 is 11.5 Å². The minimum Gasteiger partial charge on any atom is -0.369 e. The van der Waals surface area contributed by atoms with Gasteiger partial charge in [0.25, 0.3) is 0 Å². The maximum Gasteiger partial charge on any atom is 0.224 e. The number of carbonyl (C=O) groups excluding carboxylic acids is 2. The van der Waals surface area contributed by atoms with Gasteiger partial charge >= 0.3 is 0 Å². The molecule has 0 aliphatic rings. The molecule has 0 aliphatic carbocycles. The highest BCUT2D eigenvalue weighted by atomic mass is 16.2. The van der Waals surface area contributed by atoms with Crippen LogP contribution >= 0.6 is 0 Å². The van der Waals surface area contributed by atoms with Gasteiger partial charge in [-0.25, -0.2) is 0 Å². The van der Waals surface area contributed by atoms with E-state index >= 15 is 0 Å². The largest absolute Gasteiger partial charge is 0.369 e. The van der Waals surface area contributed by atoms with Crippen LogP contribution < -0.4 is 11.5 Å². The lowest BCUT2D eigenvalue weighted by molar-refractivity contribution is -0.151. The predicted molar refractivity (Wildman–Crippen MR) is 64.4 cm³/mol. The smallest absolute Gasteiger partial charge is 0.224 e. The van der Waals surface area contributed by atoms with Crippen molar-refractivity contribution in [1.82, 2.24) is 0 Å². The van der Waals surface area contributed by atoms with Crippen LogP contribution in [0, 0.1) is 10.8 Å². The lowest BCUT2D eigenvalue weighted by Gasteiger charge is -2.45. The molecule has 0 bridgehead atoms. The highest BCUT2D eigenvalue weighted by Crippen LogP contribution is 2.49. The Balaban J connectivity index is 5.78. The first kappa shape index (κ1) is 14.9. The molecule has 0 radical (unpaired) electrons. The molecule has 0 atom stereocenters. The molecule has 2 amide bonds. The Bertz CT molecular complexity index is 238. The van der Waals surface area contributed by atoms with Crippen molar-refractivity contribution in [2.24, 2.45) is 22.3 Å². The van der Waals surface area contributed by atoms with Gasteiger partial charge in [-0.3, -0.25) is 9.59 Å². The summed E-state index contributed by atoms with van der Waals surface area (Å²) in [6, 6.07) is 0. The first-order chi connectivity index (χ1) is 7.38. The van der Waals surface area contributed by atoms with Crippen LogP contribution in [0.4, 0.5) is 0 Å². The first-order valence-corrected chi connectivity index (χ1v) is 5.98. The van der Waals surface area contributed by atoms with Crippen molar-refractivity contribution >= 4 is 11.8 Å². The van der Waals surface area contributed by atoms with Crippen molar-refractivity contribution in [1.29, 1.82) is 0 Å². The van der Waals surface area contributed by atoms with Gasteiger partial charge in [0.05, 0.1) is 10.8 Å². The molecule has 0 aromatic heterocycles. The van der Waals surface area contributed by atoms with Gasteiger partial charge in [-0.1, -0.05) is 27.7 Å². The fourth-order valence-electron chi connectivity index (χ4n) is 3.02. The third-order valence-electron chi connectivity index (χ3n) is 4.27. The second-order valence-corrected chi connectivity index (χ2v) is 4.31. The van der Waals surface area contributed by atoms with Crippen molar-refractivity contribution in [3.63, 3.8) is 0 Å². The molecule has 0 fully saturated rings. The van der Waals surface area contributed by atoms with E-state index in [1.807, 2.05) is 27.7 Å². The van der Waals surface area contributed by atoms with Gasteiger partial charge in [0, 0.05) is 0 Å². The molecule has 0 aromatic rings. The van der Waals surface area contributed by atoms with Crippen LogP contribution in [0.25, 0.3) is 0 Å². The summed E-state index contributed by atoms with van der Waals surface area (Å²) in [5, 5.41) is 0. The number of carbonyl (C=O) groups is 2. The Labute approximate surface area is 97.8 Å². The second kappa shape index (κ2) is 5.32. The number of primary amides is 2. The highest BCUT2D eigenvalue weighted by Gasteiger charge is 2.54. The second-order valence-electron chi connectivity index (χ2n) is 4.31. The van der Waals surface area contributed by atoms with Crippen LogP contribution in [0.1, 0.15) is 53.4 Å². The van der Waals surface area contributed by atoms with Crippen molar-refractivity contribution in [3.8, 4) is 0 Å². The minimum atomic E-state index is -0.817. The molecule has 0 aromatic carbocycles. The normalized spacial score (nSPS) is 12.5. The van der Waals surface area contributed by atoms with E-state index in [0.717, 1.165) is 0 Å². The zero-order valence-corrected chi connectivity index (χ0v) is 10.8. The molecular weight excluding hydrogens is 204 g/mol. The minimum absolute atomic E-state index is 0.417. The lowest BCUT2D eigenvalue weighted by atomic mass is 9.57. The fraction of sp³-hybridized carbons (Fsp3) is 0.833. The molecule has 0 heterocycles. The van der Waals surface area contributed by atoms with Gasteiger partial charge in [-0.05, 0) is 25.7 Å². The molecule has 0 aliphatic heterocycles. The monoisotopic (exact) mass is 228 g/mol. The summed E-state index contributed by atoms with van der Waals surface area (Å²) in [7, 11) is 0. The van der Waals surface area contributed by atoms with E-state index in [4.69, 9.17) is 11.5 Å². The van der Waals surface area contributed by atoms with Gasteiger partial charge in [0.15, 0.2) is 0 Å². The Hall–Kier alpha value is -1.06. The van der Waals surface area contributed by atoms with E-state index in [1.54, 1.807) is 0 Å². The highest BCUT2D eigenvalue weighted by molar-refractivity contribution is 5.92. The number of amides is 2. The summed E-state index contributed by atoms with van der Waals surface area (Å²) < 4.78 is 0. The number of rotatable bonds is 7. The van der Waals surface area contributed by atoms with E-state index in [0.29, 0.717) is 25.7 Å². The Morgan fingerprint density at radius 1 is 0.750 bits per heavy atom.